The Balaban J connectivity index is 1.16. The summed E-state index contributed by atoms with van der Waals surface area (Å²) < 4.78 is 0. The lowest BCUT2D eigenvalue weighted by Gasteiger charge is -2.36. The highest BCUT2D eigenvalue weighted by atomic mass is 15.2. The van der Waals surface area contributed by atoms with Crippen LogP contribution in [0.15, 0.2) is 161 Å². The largest absolute Gasteiger partial charge is 0.334 e. The first kappa shape index (κ1) is 35.3. The normalized spacial score (nSPS) is 31.9. The average molecular weight is 742 g/mol. The molecule has 9 atom stereocenters. The van der Waals surface area contributed by atoms with Crippen LogP contribution in [0.3, 0.4) is 0 Å². The van der Waals surface area contributed by atoms with Gasteiger partial charge in [0.05, 0.1) is 42.1 Å². The molecule has 6 aliphatic carbocycles. The standard InChI is InChI=1S/C52H47N5/c1-33-37(32-55)22-24-51-52(33)47-26-35(31-54)21-23-50(47)57(51)40-28-38(27-39(29-40)56-48-19-8-6-17-45(48)46-18-7-9-20-49(46)56)42-14-3-5-16-44(42)43-15-4-2-13-41(43)36-12-10-11-34(25-36)30-53/h3,5-6,8-10,12,14,16-17,19-29,33-34,37,41,43,45,47-48,50H,2,4,7,11,13,15,18H2,1H3. The maximum atomic E-state index is 10.2. The molecule has 0 spiro atoms. The minimum atomic E-state index is -0.208. The van der Waals surface area contributed by atoms with Crippen molar-refractivity contribution in [1.29, 1.82) is 15.8 Å². The van der Waals surface area contributed by atoms with Crippen LogP contribution in [0.5, 0.6) is 0 Å². The third-order valence-electron chi connectivity index (χ3n) is 14.0. The molecule has 2 aromatic carbocycles. The van der Waals surface area contributed by atoms with Gasteiger partial charge in [-0.25, -0.2) is 0 Å². The Kier molecular flexibility index (Phi) is 8.95. The molecule has 0 amide bonds. The molecule has 280 valence electrons. The number of rotatable bonds is 5. The van der Waals surface area contributed by atoms with E-state index in [1.165, 1.54) is 57.6 Å². The Bertz CT molecular complexity index is 2470. The Morgan fingerprint density at radius 2 is 1.51 bits per heavy atom. The summed E-state index contributed by atoms with van der Waals surface area (Å²) in [4.78, 5) is 5.09. The summed E-state index contributed by atoms with van der Waals surface area (Å²) in [6, 6.07) is 24.0. The molecule has 0 saturated heterocycles. The number of benzene rings is 2. The number of nitriles is 3. The van der Waals surface area contributed by atoms with Gasteiger partial charge in [-0.3, -0.25) is 0 Å². The van der Waals surface area contributed by atoms with Gasteiger partial charge >= 0.3 is 0 Å². The second kappa shape index (κ2) is 14.4. The molecule has 57 heavy (non-hydrogen) atoms. The van der Waals surface area contributed by atoms with Crippen LogP contribution >= 0.6 is 0 Å². The van der Waals surface area contributed by atoms with E-state index in [1.54, 1.807) is 0 Å². The lowest BCUT2D eigenvalue weighted by molar-refractivity contribution is 0.350. The highest BCUT2D eigenvalue weighted by molar-refractivity contribution is 5.82. The molecule has 0 N–H and O–H groups in total. The summed E-state index contributed by atoms with van der Waals surface area (Å²) in [7, 11) is 0. The van der Waals surface area contributed by atoms with E-state index in [0.29, 0.717) is 23.3 Å². The van der Waals surface area contributed by atoms with E-state index >= 15 is 0 Å². The Morgan fingerprint density at radius 3 is 2.33 bits per heavy atom. The van der Waals surface area contributed by atoms with Crippen molar-refractivity contribution in [2.45, 2.75) is 69.9 Å². The molecule has 0 bridgehead atoms. The van der Waals surface area contributed by atoms with Crippen molar-refractivity contribution in [3.05, 3.63) is 167 Å². The van der Waals surface area contributed by atoms with Gasteiger partial charge in [-0.05, 0) is 120 Å². The van der Waals surface area contributed by atoms with E-state index in [-0.39, 0.29) is 35.8 Å². The Hall–Kier alpha value is -6.09. The van der Waals surface area contributed by atoms with Crippen molar-refractivity contribution in [2.75, 3.05) is 9.80 Å². The smallest absolute Gasteiger partial charge is 0.0988 e. The van der Waals surface area contributed by atoms with E-state index in [0.717, 1.165) is 43.5 Å². The minimum Gasteiger partial charge on any atom is -0.334 e. The second-order valence-corrected chi connectivity index (χ2v) is 17.0. The number of anilines is 2. The maximum Gasteiger partial charge on any atom is 0.0988 e. The maximum absolute atomic E-state index is 10.2. The van der Waals surface area contributed by atoms with E-state index in [4.69, 9.17) is 0 Å². The molecule has 9 unspecified atom stereocenters. The second-order valence-electron chi connectivity index (χ2n) is 17.0. The van der Waals surface area contributed by atoms with Crippen LogP contribution in [-0.4, -0.2) is 12.1 Å². The molecular formula is C52H47N5. The first-order valence-electron chi connectivity index (χ1n) is 21.0. The van der Waals surface area contributed by atoms with E-state index in [9.17, 15) is 15.8 Å². The summed E-state index contributed by atoms with van der Waals surface area (Å²) in [6.07, 6.45) is 38.8. The van der Waals surface area contributed by atoms with E-state index in [2.05, 4.69) is 156 Å². The summed E-state index contributed by atoms with van der Waals surface area (Å²) in [5.74, 6) is 0.836. The highest BCUT2D eigenvalue weighted by Gasteiger charge is 2.45. The molecule has 2 aliphatic heterocycles. The molecule has 10 rings (SSSR count). The van der Waals surface area contributed by atoms with Gasteiger partial charge in [0.15, 0.2) is 0 Å². The molecule has 0 aromatic heterocycles. The van der Waals surface area contributed by atoms with E-state index in [1.807, 2.05) is 6.08 Å². The van der Waals surface area contributed by atoms with Crippen LogP contribution < -0.4 is 9.80 Å². The van der Waals surface area contributed by atoms with Crippen LogP contribution in [0.4, 0.5) is 11.4 Å². The number of hydrogen-bond acceptors (Lipinski definition) is 5. The molecule has 2 heterocycles. The summed E-state index contributed by atoms with van der Waals surface area (Å²) >= 11 is 0. The first-order valence-corrected chi connectivity index (χ1v) is 21.0. The topological polar surface area (TPSA) is 77.8 Å². The fourth-order valence-corrected chi connectivity index (χ4v) is 11.4. The van der Waals surface area contributed by atoms with Gasteiger partial charge in [0.2, 0.25) is 0 Å². The van der Waals surface area contributed by atoms with Crippen LogP contribution in [-0.2, 0) is 0 Å². The third kappa shape index (κ3) is 5.85. The lowest BCUT2D eigenvalue weighted by Crippen LogP contribution is -2.34. The average Bonchev–Trinajstić information content (AvgIpc) is 3.79. The van der Waals surface area contributed by atoms with Crippen molar-refractivity contribution in [2.24, 2.45) is 35.5 Å². The van der Waals surface area contributed by atoms with Gasteiger partial charge in [-0.1, -0.05) is 111 Å². The van der Waals surface area contributed by atoms with Crippen LogP contribution in [0.1, 0.15) is 63.4 Å². The first-order chi connectivity index (χ1) is 28.1. The summed E-state index contributed by atoms with van der Waals surface area (Å²) in [5.41, 5.74) is 13.4. The van der Waals surface area contributed by atoms with Gasteiger partial charge in [-0.15, -0.1) is 0 Å². The predicted octanol–water partition coefficient (Wildman–Crippen LogP) is 11.6. The molecular weight excluding hydrogens is 695 g/mol. The zero-order chi connectivity index (χ0) is 38.6. The molecule has 2 aromatic rings. The zero-order valence-corrected chi connectivity index (χ0v) is 32.5. The molecule has 0 radical (unpaired) electrons. The van der Waals surface area contributed by atoms with Crippen molar-refractivity contribution in [1.82, 2.24) is 0 Å². The number of nitrogens with zero attached hydrogens (tertiary/aromatic N) is 5. The van der Waals surface area contributed by atoms with Crippen LogP contribution in [0.25, 0.3) is 11.1 Å². The monoisotopic (exact) mass is 741 g/mol. The van der Waals surface area contributed by atoms with Gasteiger partial charge in [0.1, 0.15) is 0 Å². The van der Waals surface area contributed by atoms with Crippen molar-refractivity contribution < 1.29 is 0 Å². The molecule has 5 heteroatoms. The fraction of sp³-hybridized carbons (Fsp3) is 0.327. The van der Waals surface area contributed by atoms with E-state index < -0.39 is 0 Å². The predicted molar refractivity (Wildman–Crippen MR) is 228 cm³/mol. The number of hydrogen-bond donors (Lipinski definition) is 0. The molecule has 1 saturated carbocycles. The Morgan fingerprint density at radius 1 is 0.719 bits per heavy atom. The minimum absolute atomic E-state index is 0.00469. The van der Waals surface area contributed by atoms with Gasteiger partial charge < -0.3 is 9.80 Å². The van der Waals surface area contributed by atoms with Gasteiger partial charge in [0, 0.05) is 40.2 Å². The summed E-state index contributed by atoms with van der Waals surface area (Å²) in [6.45, 7) is 2.18. The molecule has 1 fully saturated rings. The zero-order valence-electron chi connectivity index (χ0n) is 32.5. The van der Waals surface area contributed by atoms with Gasteiger partial charge in [-0.2, -0.15) is 15.8 Å². The quantitative estimate of drug-likeness (QED) is 0.305. The van der Waals surface area contributed by atoms with Crippen molar-refractivity contribution in [3.63, 3.8) is 0 Å². The number of fused-ring (bicyclic) bond motifs is 4. The fourth-order valence-electron chi connectivity index (χ4n) is 11.4. The van der Waals surface area contributed by atoms with Crippen molar-refractivity contribution in [3.8, 4) is 29.3 Å². The summed E-state index contributed by atoms with van der Waals surface area (Å²) in [5, 5.41) is 30.0. The molecule has 8 aliphatic rings. The van der Waals surface area contributed by atoms with Crippen LogP contribution in [0.2, 0.25) is 0 Å². The third-order valence-corrected chi connectivity index (χ3v) is 14.0. The van der Waals surface area contributed by atoms with Crippen molar-refractivity contribution >= 4 is 11.4 Å². The lowest BCUT2D eigenvalue weighted by atomic mass is 9.69. The SMILES string of the molecule is CC1C2=C(C=CC1C#N)N(c1cc(-c3ccccc3C3CCCCC3C3=CC(C#N)CC=C3)cc(N3C4=C(CCC=C4)C4C=CC=CC43)c1)C1C=CC(C#N)=CC21. The van der Waals surface area contributed by atoms with Gasteiger partial charge in [0.25, 0.3) is 0 Å². The number of allylic oxidation sites excluding steroid dienone is 12. The highest BCUT2D eigenvalue weighted by Crippen LogP contribution is 2.53. The molecule has 5 nitrogen and oxygen atoms in total. The van der Waals surface area contributed by atoms with Crippen LogP contribution in [0, 0.1) is 69.5 Å². The Labute approximate surface area is 337 Å².